The summed E-state index contributed by atoms with van der Waals surface area (Å²) in [6, 6.07) is 3.37. The first-order valence-corrected chi connectivity index (χ1v) is 3.56. The van der Waals surface area contributed by atoms with Crippen molar-refractivity contribution in [2.45, 2.75) is 6.92 Å². The zero-order valence-electron chi connectivity index (χ0n) is 7.03. The minimum atomic E-state index is -1.28. The smallest absolute Gasteiger partial charge is 0.522 e. The molecule has 3 N–H and O–H groups in total. The van der Waals surface area contributed by atoms with E-state index in [-0.39, 0.29) is 0 Å². The highest BCUT2D eigenvalue weighted by atomic mass is 16.5. The zero-order valence-corrected chi connectivity index (χ0v) is 7.03. The number of methoxy groups -OCH3 is 1. The molecule has 12 heavy (non-hydrogen) atoms. The molecule has 0 aromatic carbocycles. The van der Waals surface area contributed by atoms with E-state index >= 15 is 0 Å². The third kappa shape index (κ3) is 1.75. The van der Waals surface area contributed by atoms with Crippen LogP contribution in [0.5, 0.6) is 5.88 Å². The number of hydrogen-bond acceptors (Lipinski definition) is 3. The Morgan fingerprint density at radius 3 is 2.75 bits per heavy atom. The summed E-state index contributed by atoms with van der Waals surface area (Å²) < 4.78 is 4.90. The third-order valence-corrected chi connectivity index (χ3v) is 1.52. The van der Waals surface area contributed by atoms with Crippen LogP contribution in [0.3, 0.4) is 0 Å². The Hall–Kier alpha value is -1.07. The summed E-state index contributed by atoms with van der Waals surface area (Å²) in [6.45, 7) is 1.82. The fraction of sp³-hybridized carbons (Fsp3) is 0.286. The average Bonchev–Trinajstić information content (AvgIpc) is 2.03. The molecule has 0 unspecified atom stereocenters. The maximum atomic E-state index is 8.97. The number of pyridine rings is 1. The average molecular weight is 168 g/mol. The summed E-state index contributed by atoms with van der Waals surface area (Å²) in [6.07, 6.45) is 0. The first-order valence-electron chi connectivity index (χ1n) is 3.56. The van der Waals surface area contributed by atoms with Gasteiger partial charge in [-0.15, -0.1) is 0 Å². The number of rotatable bonds is 2. The molecule has 0 radical (unpaired) electrons. The van der Waals surface area contributed by atoms with Crippen LogP contribution in [0.4, 0.5) is 0 Å². The molecular formula is C7H11BNO3+. The molecule has 0 spiro atoms. The molecule has 4 nitrogen and oxygen atoms in total. The van der Waals surface area contributed by atoms with E-state index in [1.807, 2.05) is 6.92 Å². The monoisotopic (exact) mass is 168 g/mol. The van der Waals surface area contributed by atoms with Crippen molar-refractivity contribution in [1.29, 1.82) is 0 Å². The molecule has 0 bridgehead atoms. The lowest BCUT2D eigenvalue weighted by Gasteiger charge is -2.03. The topological polar surface area (TPSA) is 65.2 Å². The number of aromatic nitrogens is 1. The molecule has 1 heterocycles. The van der Waals surface area contributed by atoms with Crippen LogP contribution < -0.4 is 10.2 Å². The standard InChI is InChI=1S/C7H10BNO3/c1-5-3-4-6(8(10)11)7(9-5)12-2/h3-4,10-11H,1-2H3/p+1. The van der Waals surface area contributed by atoms with Crippen molar-refractivity contribution in [3.05, 3.63) is 17.8 Å². The molecule has 0 aliphatic carbocycles. The molecule has 0 amide bonds. The molecule has 1 aromatic rings. The Morgan fingerprint density at radius 2 is 2.25 bits per heavy atom. The van der Waals surface area contributed by atoms with Crippen LogP contribution >= 0.6 is 0 Å². The molecule has 0 aliphatic heterocycles. The van der Waals surface area contributed by atoms with Crippen LogP contribution in [0, 0.1) is 6.92 Å². The fourth-order valence-corrected chi connectivity index (χ4v) is 0.915. The predicted octanol–water partition coefficient (Wildman–Crippen LogP) is -1.19. The van der Waals surface area contributed by atoms with Crippen molar-refractivity contribution in [3.8, 4) is 5.88 Å². The van der Waals surface area contributed by atoms with Gasteiger partial charge in [0, 0.05) is 5.69 Å². The van der Waals surface area contributed by atoms with Gasteiger partial charge in [0.25, 0.3) is 0 Å². The van der Waals surface area contributed by atoms with E-state index < -0.39 is 7.12 Å². The van der Waals surface area contributed by atoms with Gasteiger partial charge >= 0.3 is 7.12 Å². The number of aryl methyl sites for hydroxylation is 1. The summed E-state index contributed by atoms with van der Waals surface area (Å²) >= 11 is 0. The summed E-state index contributed by atoms with van der Waals surface area (Å²) in [4.78, 5) is 4.01. The normalized spacial score (nSPS) is 9.67. The lowest BCUT2D eigenvalue weighted by atomic mass is 9.81. The van der Waals surface area contributed by atoms with E-state index in [9.17, 15) is 0 Å². The van der Waals surface area contributed by atoms with Gasteiger partial charge in [-0.3, -0.25) is 0 Å². The van der Waals surface area contributed by atoms with Crippen LogP contribution in [0.15, 0.2) is 12.1 Å². The van der Waals surface area contributed by atoms with Gasteiger partial charge in [0.1, 0.15) is 5.46 Å². The maximum absolute atomic E-state index is 8.97. The van der Waals surface area contributed by atoms with E-state index in [2.05, 4.69) is 4.98 Å². The van der Waals surface area contributed by atoms with Gasteiger partial charge in [0.2, 0.25) is 5.88 Å². The third-order valence-electron chi connectivity index (χ3n) is 1.52. The Kier molecular flexibility index (Phi) is 2.67. The molecule has 5 heteroatoms. The highest BCUT2D eigenvalue weighted by molar-refractivity contribution is 6.59. The lowest BCUT2D eigenvalue weighted by molar-refractivity contribution is 0.390. The number of nitrogens with zero attached hydrogens (tertiary/aromatic N) is 1. The van der Waals surface area contributed by atoms with Gasteiger partial charge in [0.05, 0.1) is 7.11 Å². The van der Waals surface area contributed by atoms with Crippen molar-refractivity contribution < 1.29 is 14.8 Å². The molecule has 1 rings (SSSR count). The van der Waals surface area contributed by atoms with Gasteiger partial charge in [-0.25, -0.2) is 4.98 Å². The molecular weight excluding hydrogens is 157 g/mol. The second-order valence-electron chi connectivity index (χ2n) is 2.45. The zero-order chi connectivity index (χ0) is 9.14. The van der Waals surface area contributed by atoms with Crippen molar-refractivity contribution in [3.63, 3.8) is 0 Å². The molecule has 1 aromatic heterocycles. The minimum Gasteiger partial charge on any atom is -0.522 e. The minimum absolute atomic E-state index is 0.317. The van der Waals surface area contributed by atoms with E-state index in [1.165, 1.54) is 7.11 Å². The van der Waals surface area contributed by atoms with Crippen molar-refractivity contribution in [2.75, 3.05) is 7.11 Å². The maximum Gasteiger partial charge on any atom is 0.733 e. The van der Waals surface area contributed by atoms with Crippen LogP contribution in [0.2, 0.25) is 0 Å². The van der Waals surface area contributed by atoms with E-state index in [1.54, 1.807) is 12.1 Å². The molecule has 0 saturated heterocycles. The SMILES string of the molecule is COc1nc(C)ccc1B(O)[OH2+]. The van der Waals surface area contributed by atoms with Crippen LogP contribution in [-0.2, 0) is 0 Å². The summed E-state index contributed by atoms with van der Waals surface area (Å²) in [5.74, 6) is 0.317. The van der Waals surface area contributed by atoms with Crippen LogP contribution in [0.25, 0.3) is 0 Å². The van der Waals surface area contributed by atoms with E-state index in [4.69, 9.17) is 14.8 Å². The number of hydrogen-bond donors (Lipinski definition) is 1. The largest absolute Gasteiger partial charge is 0.733 e. The summed E-state index contributed by atoms with van der Waals surface area (Å²) in [7, 11) is 0.182. The summed E-state index contributed by atoms with van der Waals surface area (Å²) in [5.41, 5.74) is 1.19. The quantitative estimate of drug-likeness (QED) is 0.446. The highest BCUT2D eigenvalue weighted by Crippen LogP contribution is 2.03. The molecule has 64 valence electrons. The molecule has 0 aliphatic rings. The van der Waals surface area contributed by atoms with Crippen LogP contribution in [0.1, 0.15) is 5.69 Å². The Labute approximate surface area is 71.0 Å². The molecule has 0 atom stereocenters. The van der Waals surface area contributed by atoms with Gasteiger partial charge in [-0.05, 0) is 19.1 Å². The van der Waals surface area contributed by atoms with Gasteiger partial charge in [-0.2, -0.15) is 0 Å². The Morgan fingerprint density at radius 1 is 1.58 bits per heavy atom. The molecule has 0 saturated carbocycles. The Balaban J connectivity index is 3.11. The Bertz CT molecular complexity index is 277. The van der Waals surface area contributed by atoms with Gasteiger partial charge < -0.3 is 14.8 Å². The fourth-order valence-electron chi connectivity index (χ4n) is 0.915. The first-order chi connectivity index (χ1) is 5.65. The van der Waals surface area contributed by atoms with Crippen molar-refractivity contribution in [1.82, 2.24) is 4.98 Å². The van der Waals surface area contributed by atoms with Crippen molar-refractivity contribution in [2.24, 2.45) is 0 Å². The highest BCUT2D eigenvalue weighted by Gasteiger charge is 2.27. The second-order valence-corrected chi connectivity index (χ2v) is 2.45. The van der Waals surface area contributed by atoms with Crippen molar-refractivity contribution >= 4 is 12.6 Å². The first kappa shape index (κ1) is 9.03. The lowest BCUT2D eigenvalue weighted by Crippen LogP contribution is -2.31. The van der Waals surface area contributed by atoms with Gasteiger partial charge in [-0.1, -0.05) is 0 Å². The summed E-state index contributed by atoms with van der Waals surface area (Å²) in [5, 5.41) is 16.0. The molecule has 0 fully saturated rings. The van der Waals surface area contributed by atoms with Crippen LogP contribution in [-0.4, -0.2) is 29.3 Å². The van der Waals surface area contributed by atoms with Gasteiger partial charge in [0.15, 0.2) is 0 Å². The van der Waals surface area contributed by atoms with E-state index in [0.717, 1.165) is 5.69 Å². The second kappa shape index (κ2) is 3.56. The number of ether oxygens (including phenoxy) is 1. The van der Waals surface area contributed by atoms with E-state index in [0.29, 0.717) is 11.3 Å². The predicted molar refractivity (Wildman–Crippen MR) is 46.7 cm³/mol.